The molecule has 0 aliphatic heterocycles. The molecule has 0 saturated heterocycles. The summed E-state index contributed by atoms with van der Waals surface area (Å²) in [6.07, 6.45) is -4.97. The Balaban J connectivity index is 2.85. The van der Waals surface area contributed by atoms with Crippen molar-refractivity contribution in [3.8, 4) is 5.69 Å². The van der Waals surface area contributed by atoms with Crippen molar-refractivity contribution in [1.82, 2.24) is 14.5 Å². The largest absolute Gasteiger partial charge is 0.416 e. The molecular formula is C16H16Cl2F3N5O4S. The number of anilines is 1. The van der Waals surface area contributed by atoms with E-state index >= 15 is 0 Å². The number of hydrogen-bond donors (Lipinski definition) is 3. The number of hydrogen-bond acceptors (Lipinski definition) is 6. The Morgan fingerprint density at radius 3 is 2.19 bits per heavy atom. The zero-order valence-electron chi connectivity index (χ0n) is 16.0. The number of rotatable bonds is 8. The number of ketones is 1. The second-order valence-electron chi connectivity index (χ2n) is 6.13. The molecule has 0 fully saturated rings. The molecule has 2 rings (SSSR count). The Bertz CT molecular complexity index is 1130. The highest BCUT2D eigenvalue weighted by molar-refractivity contribution is 7.89. The van der Waals surface area contributed by atoms with Crippen LogP contribution in [0, 0.1) is 0 Å². The summed E-state index contributed by atoms with van der Waals surface area (Å²) in [6, 6.07) is 1.16. The minimum absolute atomic E-state index is 0.180. The van der Waals surface area contributed by atoms with Crippen LogP contribution >= 0.6 is 23.2 Å². The standard InChI is InChI=1S/C16H16Cl2F3N5O4S/c1-7(27)12-14(31(29,30)23-2)15(24-4-3-11(22)28)26(25-12)13-9(17)5-8(6-10(13)18)16(19,20)21/h5-6,23-24H,3-4H2,1-2H3,(H2,22,28). The van der Waals surface area contributed by atoms with Crippen LogP contribution in [0.2, 0.25) is 10.0 Å². The van der Waals surface area contributed by atoms with Gasteiger partial charge < -0.3 is 11.1 Å². The number of sulfonamides is 1. The second-order valence-corrected chi connectivity index (χ2v) is 8.77. The number of carbonyl (C=O) groups excluding carboxylic acids is 2. The van der Waals surface area contributed by atoms with E-state index in [1.54, 1.807) is 0 Å². The van der Waals surface area contributed by atoms with Gasteiger partial charge in [-0.1, -0.05) is 23.2 Å². The van der Waals surface area contributed by atoms with Gasteiger partial charge in [0.2, 0.25) is 15.9 Å². The van der Waals surface area contributed by atoms with E-state index in [-0.39, 0.29) is 24.5 Å². The highest BCUT2D eigenvalue weighted by Gasteiger charge is 2.35. The van der Waals surface area contributed by atoms with Crippen LogP contribution in [-0.4, -0.2) is 43.5 Å². The molecule has 0 radical (unpaired) electrons. The summed E-state index contributed by atoms with van der Waals surface area (Å²) in [5, 5.41) is 5.52. The molecule has 1 amide bonds. The molecule has 0 spiro atoms. The van der Waals surface area contributed by atoms with Crippen LogP contribution in [0.15, 0.2) is 17.0 Å². The summed E-state index contributed by atoms with van der Waals surface area (Å²) in [5.41, 5.74) is 3.11. The molecule has 1 aromatic heterocycles. The van der Waals surface area contributed by atoms with Gasteiger partial charge in [-0.15, -0.1) is 0 Å². The average molecular weight is 502 g/mol. The molecule has 0 atom stereocenters. The number of nitrogens with two attached hydrogens (primary N) is 1. The number of aromatic nitrogens is 2. The number of benzene rings is 1. The highest BCUT2D eigenvalue weighted by Crippen LogP contribution is 2.39. The molecule has 0 bridgehead atoms. The predicted octanol–water partition coefficient (Wildman–Crippen LogP) is 2.60. The van der Waals surface area contributed by atoms with Crippen molar-refractivity contribution in [2.24, 2.45) is 5.73 Å². The molecule has 1 heterocycles. The van der Waals surface area contributed by atoms with Crippen molar-refractivity contribution < 1.29 is 31.2 Å². The Hall–Kier alpha value is -2.35. The van der Waals surface area contributed by atoms with Crippen LogP contribution in [-0.2, 0) is 21.0 Å². The second kappa shape index (κ2) is 9.02. The van der Waals surface area contributed by atoms with Crippen molar-refractivity contribution in [3.63, 3.8) is 0 Å². The number of nitrogens with one attached hydrogen (secondary N) is 2. The summed E-state index contributed by atoms with van der Waals surface area (Å²) in [5.74, 6) is -1.82. The summed E-state index contributed by atoms with van der Waals surface area (Å²) in [7, 11) is -3.21. The molecule has 0 unspecified atom stereocenters. The quantitative estimate of drug-likeness (QED) is 0.475. The van der Waals surface area contributed by atoms with Gasteiger partial charge in [0.1, 0.15) is 5.69 Å². The third-order valence-corrected chi connectivity index (χ3v) is 5.97. The summed E-state index contributed by atoms with van der Waals surface area (Å²) >= 11 is 12.0. The molecule has 2 aromatic rings. The minimum Gasteiger partial charge on any atom is -0.370 e. The topological polar surface area (TPSA) is 136 Å². The van der Waals surface area contributed by atoms with Gasteiger partial charge in [-0.2, -0.15) is 18.3 Å². The zero-order valence-corrected chi connectivity index (χ0v) is 18.3. The molecule has 31 heavy (non-hydrogen) atoms. The Morgan fingerprint density at radius 2 is 1.77 bits per heavy atom. The van der Waals surface area contributed by atoms with Crippen molar-refractivity contribution in [3.05, 3.63) is 33.4 Å². The maximum atomic E-state index is 13.1. The first-order chi connectivity index (χ1) is 14.2. The van der Waals surface area contributed by atoms with Gasteiger partial charge in [0.15, 0.2) is 22.2 Å². The monoisotopic (exact) mass is 501 g/mol. The van der Waals surface area contributed by atoms with Gasteiger partial charge in [0, 0.05) is 19.9 Å². The first-order valence-electron chi connectivity index (χ1n) is 8.37. The lowest BCUT2D eigenvalue weighted by atomic mass is 10.2. The Labute approximate surface area is 184 Å². The van der Waals surface area contributed by atoms with E-state index in [1.807, 2.05) is 4.72 Å². The van der Waals surface area contributed by atoms with Gasteiger partial charge >= 0.3 is 6.18 Å². The Morgan fingerprint density at radius 1 is 1.23 bits per heavy atom. The highest BCUT2D eigenvalue weighted by atomic mass is 35.5. The molecule has 170 valence electrons. The van der Waals surface area contributed by atoms with Gasteiger partial charge in [0.05, 0.1) is 15.6 Å². The number of alkyl halides is 3. The van der Waals surface area contributed by atoms with E-state index in [4.69, 9.17) is 28.9 Å². The van der Waals surface area contributed by atoms with E-state index in [0.717, 1.165) is 18.7 Å². The van der Waals surface area contributed by atoms with Crippen molar-refractivity contribution in [1.29, 1.82) is 0 Å². The molecule has 0 aliphatic rings. The third kappa shape index (κ3) is 5.29. The molecular weight excluding hydrogens is 486 g/mol. The fraction of sp³-hybridized carbons (Fsp3) is 0.312. The summed E-state index contributed by atoms with van der Waals surface area (Å²) < 4.78 is 67.2. The van der Waals surface area contributed by atoms with Gasteiger partial charge in [-0.3, -0.25) is 9.59 Å². The number of halogens is 5. The van der Waals surface area contributed by atoms with Crippen LogP contribution < -0.4 is 15.8 Å². The lowest BCUT2D eigenvalue weighted by molar-refractivity contribution is -0.137. The minimum atomic E-state index is -4.75. The lowest BCUT2D eigenvalue weighted by Crippen LogP contribution is -2.23. The molecule has 4 N–H and O–H groups in total. The van der Waals surface area contributed by atoms with Gasteiger partial charge in [-0.25, -0.2) is 17.8 Å². The van der Waals surface area contributed by atoms with E-state index in [9.17, 15) is 31.2 Å². The first kappa shape index (κ1) is 24.9. The first-order valence-corrected chi connectivity index (χ1v) is 10.6. The molecule has 0 aliphatic carbocycles. The summed E-state index contributed by atoms with van der Waals surface area (Å²) in [6.45, 7) is 0.866. The van der Waals surface area contributed by atoms with E-state index < -0.39 is 54.1 Å². The maximum Gasteiger partial charge on any atom is 0.416 e. The summed E-state index contributed by atoms with van der Waals surface area (Å²) in [4.78, 5) is 22.5. The van der Waals surface area contributed by atoms with Crippen LogP contribution in [0.3, 0.4) is 0 Å². The molecule has 9 nitrogen and oxygen atoms in total. The number of primary amides is 1. The third-order valence-electron chi connectivity index (χ3n) is 3.93. The fourth-order valence-corrected chi connectivity index (χ4v) is 4.25. The smallest absolute Gasteiger partial charge is 0.370 e. The number of Topliss-reactive ketones (excluding diaryl/α,β-unsaturated/α-hetero) is 1. The number of carbonyl (C=O) groups is 2. The zero-order chi connectivity index (χ0) is 23.7. The van der Waals surface area contributed by atoms with Gasteiger partial charge in [-0.05, 0) is 19.2 Å². The van der Waals surface area contributed by atoms with Gasteiger partial charge in [0.25, 0.3) is 0 Å². The van der Waals surface area contributed by atoms with Crippen molar-refractivity contribution in [2.45, 2.75) is 24.4 Å². The van der Waals surface area contributed by atoms with Crippen LogP contribution in [0.1, 0.15) is 29.4 Å². The van der Waals surface area contributed by atoms with Crippen molar-refractivity contribution >= 4 is 50.7 Å². The van der Waals surface area contributed by atoms with Crippen LogP contribution in [0.5, 0.6) is 0 Å². The Kier molecular flexibility index (Phi) is 7.25. The molecule has 0 saturated carbocycles. The molecule has 15 heteroatoms. The maximum absolute atomic E-state index is 13.1. The van der Waals surface area contributed by atoms with E-state index in [0.29, 0.717) is 12.1 Å². The van der Waals surface area contributed by atoms with Crippen molar-refractivity contribution in [2.75, 3.05) is 18.9 Å². The van der Waals surface area contributed by atoms with Crippen LogP contribution in [0.4, 0.5) is 19.0 Å². The number of amides is 1. The van der Waals surface area contributed by atoms with Crippen LogP contribution in [0.25, 0.3) is 5.69 Å². The normalized spacial score (nSPS) is 12.1. The SMILES string of the molecule is CNS(=O)(=O)c1c(C(C)=O)nn(-c2c(Cl)cc(C(F)(F)F)cc2Cl)c1NCCC(N)=O. The fourth-order valence-electron chi connectivity index (χ4n) is 2.54. The van der Waals surface area contributed by atoms with E-state index in [2.05, 4.69) is 10.4 Å². The average Bonchev–Trinajstić information content (AvgIpc) is 3.00. The lowest BCUT2D eigenvalue weighted by Gasteiger charge is -2.16. The molecule has 1 aromatic carbocycles. The predicted molar refractivity (Wildman–Crippen MR) is 107 cm³/mol. The number of nitrogens with zero attached hydrogens (tertiary/aromatic N) is 2. The van der Waals surface area contributed by atoms with E-state index in [1.165, 1.54) is 0 Å².